The Kier molecular flexibility index (Phi) is 12.1. The molecule has 0 radical (unpaired) electrons. The molecule has 4 atom stereocenters. The Balaban J connectivity index is 2.13. The largest absolute Gasteiger partial charge is 0.481 e. The fourth-order valence-corrected chi connectivity index (χ4v) is 4.28. The zero-order valence-electron chi connectivity index (χ0n) is 21.6. The summed E-state index contributed by atoms with van der Waals surface area (Å²) >= 11 is 0. The van der Waals surface area contributed by atoms with Gasteiger partial charge in [-0.15, -0.1) is 0 Å². The first kappa shape index (κ1) is 31.0. The fraction of sp³-hybridized carbons (Fsp3) is 0.520. The highest BCUT2D eigenvalue weighted by Gasteiger charge is 2.38. The Bertz CT molecular complexity index is 1050. The molecule has 14 nitrogen and oxygen atoms in total. The number of amides is 3. The van der Waals surface area contributed by atoms with Gasteiger partial charge in [0.15, 0.2) is 5.96 Å². The number of nitrogens with zero attached hydrogens (tertiary/aromatic N) is 2. The van der Waals surface area contributed by atoms with Crippen LogP contribution in [0.25, 0.3) is 0 Å². The van der Waals surface area contributed by atoms with Crippen LogP contribution in [-0.2, 0) is 30.4 Å². The van der Waals surface area contributed by atoms with E-state index in [0.29, 0.717) is 24.8 Å². The van der Waals surface area contributed by atoms with E-state index < -0.39 is 53.8 Å². The van der Waals surface area contributed by atoms with Gasteiger partial charge in [-0.1, -0.05) is 30.3 Å². The van der Waals surface area contributed by atoms with Crippen LogP contribution in [0.4, 0.5) is 0 Å². The van der Waals surface area contributed by atoms with Crippen molar-refractivity contribution in [3.8, 4) is 0 Å². The number of carboxylic acids is 2. The highest BCUT2D eigenvalue weighted by molar-refractivity contribution is 5.94. The molecular weight excluding hydrogens is 510 g/mol. The molecule has 1 heterocycles. The van der Waals surface area contributed by atoms with Crippen molar-refractivity contribution in [2.45, 2.75) is 69.1 Å². The summed E-state index contributed by atoms with van der Waals surface area (Å²) < 4.78 is 0. The maximum atomic E-state index is 13.2. The summed E-state index contributed by atoms with van der Waals surface area (Å²) in [5.74, 6) is -4.30. The van der Waals surface area contributed by atoms with E-state index in [1.165, 1.54) is 4.90 Å². The lowest BCUT2D eigenvalue weighted by Gasteiger charge is -2.28. The summed E-state index contributed by atoms with van der Waals surface area (Å²) in [6.07, 6.45) is 0.934. The van der Waals surface area contributed by atoms with Gasteiger partial charge in [0, 0.05) is 25.9 Å². The van der Waals surface area contributed by atoms with Gasteiger partial charge in [0.25, 0.3) is 0 Å². The predicted molar refractivity (Wildman–Crippen MR) is 141 cm³/mol. The van der Waals surface area contributed by atoms with E-state index in [0.717, 1.165) is 0 Å². The highest BCUT2D eigenvalue weighted by atomic mass is 16.4. The lowest BCUT2D eigenvalue weighted by Crippen LogP contribution is -2.56. The van der Waals surface area contributed by atoms with Gasteiger partial charge in [0.1, 0.15) is 18.1 Å². The van der Waals surface area contributed by atoms with E-state index in [4.69, 9.17) is 22.3 Å². The number of rotatable bonds is 15. The number of nitrogens with two attached hydrogens (primary N) is 3. The van der Waals surface area contributed by atoms with E-state index in [2.05, 4.69) is 15.6 Å². The molecule has 0 aromatic heterocycles. The van der Waals surface area contributed by atoms with Gasteiger partial charge in [0.2, 0.25) is 17.7 Å². The second-order valence-corrected chi connectivity index (χ2v) is 9.33. The molecule has 1 aromatic rings. The van der Waals surface area contributed by atoms with E-state index >= 15 is 0 Å². The first-order valence-electron chi connectivity index (χ1n) is 12.7. The maximum absolute atomic E-state index is 13.2. The van der Waals surface area contributed by atoms with Gasteiger partial charge in [0.05, 0.1) is 6.04 Å². The molecule has 10 N–H and O–H groups in total. The molecular formula is C25H37N7O7. The maximum Gasteiger partial charge on any atom is 0.326 e. The zero-order chi connectivity index (χ0) is 28.9. The second-order valence-electron chi connectivity index (χ2n) is 9.33. The first-order valence-corrected chi connectivity index (χ1v) is 12.7. The number of likely N-dealkylation sites (tertiary alicyclic amines) is 1. The number of carboxylic acid groups (broad SMARTS) is 2. The molecule has 1 aliphatic heterocycles. The van der Waals surface area contributed by atoms with Crippen LogP contribution in [0.3, 0.4) is 0 Å². The topological polar surface area (TPSA) is 244 Å². The average Bonchev–Trinajstić information content (AvgIpc) is 3.38. The molecule has 214 valence electrons. The molecule has 0 bridgehead atoms. The van der Waals surface area contributed by atoms with Crippen LogP contribution in [0.1, 0.15) is 44.1 Å². The van der Waals surface area contributed by atoms with Crippen molar-refractivity contribution in [3.05, 3.63) is 35.9 Å². The number of carbonyl (C=O) groups excluding carboxylic acids is 3. The third kappa shape index (κ3) is 10.2. The van der Waals surface area contributed by atoms with E-state index in [-0.39, 0.29) is 44.7 Å². The second kappa shape index (κ2) is 15.3. The molecule has 0 saturated carbocycles. The van der Waals surface area contributed by atoms with Crippen LogP contribution >= 0.6 is 0 Å². The van der Waals surface area contributed by atoms with Gasteiger partial charge in [-0.25, -0.2) is 4.79 Å². The first-order chi connectivity index (χ1) is 18.5. The van der Waals surface area contributed by atoms with Crippen molar-refractivity contribution < 1.29 is 34.2 Å². The third-order valence-corrected chi connectivity index (χ3v) is 6.30. The summed E-state index contributed by atoms with van der Waals surface area (Å²) in [5.41, 5.74) is 17.3. The molecule has 1 saturated heterocycles. The summed E-state index contributed by atoms with van der Waals surface area (Å²) in [7, 11) is 0. The molecule has 14 heteroatoms. The van der Waals surface area contributed by atoms with E-state index in [1.807, 2.05) is 0 Å². The minimum atomic E-state index is -1.24. The molecule has 2 rings (SSSR count). The van der Waals surface area contributed by atoms with Crippen LogP contribution in [-0.4, -0.2) is 88.0 Å². The molecule has 0 spiro atoms. The van der Waals surface area contributed by atoms with Gasteiger partial charge in [-0.3, -0.25) is 24.2 Å². The Morgan fingerprint density at radius 2 is 1.72 bits per heavy atom. The fourth-order valence-electron chi connectivity index (χ4n) is 4.28. The van der Waals surface area contributed by atoms with Crippen molar-refractivity contribution in [1.82, 2.24) is 15.5 Å². The van der Waals surface area contributed by atoms with Gasteiger partial charge < -0.3 is 42.9 Å². The summed E-state index contributed by atoms with van der Waals surface area (Å²) in [4.78, 5) is 67.0. The number of nitrogens with one attached hydrogen (secondary N) is 2. The SMILES string of the molecule is NC(N)=NCCCC(NC(=O)C1CCCN1C(=O)C(N)CCC(=O)O)C(=O)NC(Cc1ccccc1)C(=O)O. The normalized spacial score (nSPS) is 16.9. The minimum Gasteiger partial charge on any atom is -0.481 e. The molecule has 1 aromatic carbocycles. The number of guanidine groups is 1. The minimum absolute atomic E-state index is 0.0374. The van der Waals surface area contributed by atoms with Crippen LogP contribution in [0, 0.1) is 0 Å². The number of aliphatic imine (C=N–C) groups is 1. The van der Waals surface area contributed by atoms with Crippen LogP contribution in [0.15, 0.2) is 35.3 Å². The average molecular weight is 548 g/mol. The Labute approximate surface area is 226 Å². The Morgan fingerprint density at radius 3 is 2.33 bits per heavy atom. The van der Waals surface area contributed by atoms with Crippen LogP contribution in [0.2, 0.25) is 0 Å². The quantitative estimate of drug-likeness (QED) is 0.0762. The summed E-state index contributed by atoms with van der Waals surface area (Å²) in [6, 6.07) is 4.43. The lowest BCUT2D eigenvalue weighted by molar-refractivity contribution is -0.143. The lowest BCUT2D eigenvalue weighted by atomic mass is 10.0. The number of carbonyl (C=O) groups is 5. The van der Waals surface area contributed by atoms with Gasteiger partial charge in [-0.2, -0.15) is 0 Å². The zero-order valence-corrected chi connectivity index (χ0v) is 21.6. The van der Waals surface area contributed by atoms with Crippen molar-refractivity contribution in [2.24, 2.45) is 22.2 Å². The molecule has 1 aliphatic rings. The smallest absolute Gasteiger partial charge is 0.326 e. The highest BCUT2D eigenvalue weighted by Crippen LogP contribution is 2.20. The van der Waals surface area contributed by atoms with Gasteiger partial charge >= 0.3 is 11.9 Å². The van der Waals surface area contributed by atoms with Crippen molar-refractivity contribution in [1.29, 1.82) is 0 Å². The molecule has 39 heavy (non-hydrogen) atoms. The standard InChI is InChI=1S/C25H37N7O7/c26-16(10-11-20(33)34)23(37)32-13-5-9-19(32)22(36)30-17(8-4-12-29-25(27)28)21(35)31-18(24(38)39)14-15-6-2-1-3-7-15/h1-3,6-7,16-19H,4-5,8-14,26H2,(H,30,36)(H,31,35)(H,33,34)(H,38,39)(H4,27,28,29). The predicted octanol–water partition coefficient (Wildman–Crippen LogP) is -1.48. The number of aliphatic carboxylic acids is 2. The van der Waals surface area contributed by atoms with Crippen molar-refractivity contribution >= 4 is 35.6 Å². The van der Waals surface area contributed by atoms with Crippen molar-refractivity contribution in [2.75, 3.05) is 13.1 Å². The van der Waals surface area contributed by atoms with Gasteiger partial charge in [-0.05, 0) is 37.7 Å². The summed E-state index contributed by atoms with van der Waals surface area (Å²) in [6.45, 7) is 0.442. The van der Waals surface area contributed by atoms with Crippen molar-refractivity contribution in [3.63, 3.8) is 0 Å². The third-order valence-electron chi connectivity index (χ3n) is 6.30. The number of benzene rings is 1. The van der Waals surface area contributed by atoms with Crippen LogP contribution < -0.4 is 27.8 Å². The Morgan fingerprint density at radius 1 is 1.03 bits per heavy atom. The molecule has 0 aliphatic carbocycles. The van der Waals surface area contributed by atoms with Crippen LogP contribution in [0.5, 0.6) is 0 Å². The number of hydrogen-bond donors (Lipinski definition) is 7. The molecule has 4 unspecified atom stereocenters. The number of hydrogen-bond acceptors (Lipinski definition) is 7. The molecule has 1 fully saturated rings. The van der Waals surface area contributed by atoms with E-state index in [1.54, 1.807) is 30.3 Å². The monoisotopic (exact) mass is 547 g/mol. The Hall–Kier alpha value is -4.20. The van der Waals surface area contributed by atoms with E-state index in [9.17, 15) is 29.1 Å². The molecule has 3 amide bonds. The summed E-state index contributed by atoms with van der Waals surface area (Å²) in [5, 5.41) is 23.7.